The fraction of sp³-hybridized carbons (Fsp3) is 0.261. The molecule has 0 aliphatic heterocycles. The molecular formula is C23H25N5O3S. The van der Waals surface area contributed by atoms with Crippen molar-refractivity contribution in [1.82, 2.24) is 15.2 Å². The van der Waals surface area contributed by atoms with Crippen molar-refractivity contribution < 1.29 is 9.59 Å². The number of amides is 2. The third-order valence-electron chi connectivity index (χ3n) is 4.70. The first-order valence-corrected chi connectivity index (χ1v) is 11.1. The molecule has 2 aromatic carbocycles. The van der Waals surface area contributed by atoms with Crippen LogP contribution in [-0.4, -0.2) is 32.7 Å². The Morgan fingerprint density at radius 3 is 2.50 bits per heavy atom. The van der Waals surface area contributed by atoms with Gasteiger partial charge in [0.25, 0.3) is 5.56 Å². The highest BCUT2D eigenvalue weighted by Gasteiger charge is 2.16. The van der Waals surface area contributed by atoms with Gasteiger partial charge in [-0.15, -0.1) is 10.2 Å². The van der Waals surface area contributed by atoms with Crippen molar-refractivity contribution >= 4 is 35.0 Å². The lowest BCUT2D eigenvalue weighted by atomic mass is 10.0. The monoisotopic (exact) mass is 451 g/mol. The second-order valence-electron chi connectivity index (χ2n) is 7.57. The number of hydrogen-bond acceptors (Lipinski definition) is 6. The number of aromatic amines is 1. The van der Waals surface area contributed by atoms with Crippen LogP contribution in [0.25, 0.3) is 11.3 Å². The minimum Gasteiger partial charge on any atom is -0.325 e. The summed E-state index contributed by atoms with van der Waals surface area (Å²) in [7, 11) is 0. The molecule has 0 unspecified atom stereocenters. The van der Waals surface area contributed by atoms with Crippen molar-refractivity contribution in [3.8, 4) is 11.3 Å². The molecule has 0 aliphatic carbocycles. The van der Waals surface area contributed by atoms with Crippen molar-refractivity contribution in [3.63, 3.8) is 0 Å². The van der Waals surface area contributed by atoms with Crippen molar-refractivity contribution in [2.75, 3.05) is 16.4 Å². The number of hydrogen-bond donors (Lipinski definition) is 3. The number of aryl methyl sites for hydroxylation is 1. The van der Waals surface area contributed by atoms with Crippen LogP contribution in [0.3, 0.4) is 0 Å². The molecule has 0 saturated heterocycles. The average molecular weight is 452 g/mol. The molecule has 0 aliphatic rings. The fourth-order valence-corrected chi connectivity index (χ4v) is 3.81. The van der Waals surface area contributed by atoms with Gasteiger partial charge in [-0.3, -0.25) is 19.4 Å². The highest BCUT2D eigenvalue weighted by atomic mass is 32.2. The predicted molar refractivity (Wildman–Crippen MR) is 127 cm³/mol. The fourth-order valence-electron chi connectivity index (χ4n) is 3.20. The van der Waals surface area contributed by atoms with E-state index in [2.05, 4.69) is 39.7 Å². The van der Waals surface area contributed by atoms with E-state index < -0.39 is 5.56 Å². The number of nitrogens with zero attached hydrogens (tertiary/aromatic N) is 2. The number of para-hydroxylation sites is 2. The molecule has 0 bridgehead atoms. The van der Waals surface area contributed by atoms with Crippen molar-refractivity contribution in [2.24, 2.45) is 0 Å². The lowest BCUT2D eigenvalue weighted by Crippen LogP contribution is -2.18. The van der Waals surface area contributed by atoms with Crippen LogP contribution in [0, 0.1) is 6.92 Å². The Bertz CT molecular complexity index is 1210. The van der Waals surface area contributed by atoms with Crippen LogP contribution in [0.15, 0.2) is 52.4 Å². The number of carbonyl (C=O) groups is 2. The van der Waals surface area contributed by atoms with Gasteiger partial charge in [0, 0.05) is 18.2 Å². The predicted octanol–water partition coefficient (Wildman–Crippen LogP) is 3.95. The van der Waals surface area contributed by atoms with Crippen LogP contribution >= 0.6 is 11.8 Å². The van der Waals surface area contributed by atoms with Gasteiger partial charge in [0.15, 0.2) is 10.9 Å². The van der Waals surface area contributed by atoms with E-state index in [4.69, 9.17) is 0 Å². The van der Waals surface area contributed by atoms with Crippen LogP contribution in [0.2, 0.25) is 0 Å². The van der Waals surface area contributed by atoms with E-state index in [1.54, 1.807) is 12.1 Å². The van der Waals surface area contributed by atoms with E-state index in [-0.39, 0.29) is 34.3 Å². The summed E-state index contributed by atoms with van der Waals surface area (Å²) in [6.45, 7) is 7.35. The Morgan fingerprint density at radius 2 is 1.81 bits per heavy atom. The maximum Gasteiger partial charge on any atom is 0.278 e. The zero-order valence-electron chi connectivity index (χ0n) is 18.4. The Hall–Kier alpha value is -3.46. The van der Waals surface area contributed by atoms with Gasteiger partial charge in [-0.05, 0) is 30.0 Å². The van der Waals surface area contributed by atoms with E-state index in [9.17, 15) is 14.4 Å². The van der Waals surface area contributed by atoms with Gasteiger partial charge < -0.3 is 10.6 Å². The summed E-state index contributed by atoms with van der Waals surface area (Å²) in [6.07, 6.45) is 0. The molecule has 0 radical (unpaired) electrons. The lowest BCUT2D eigenvalue weighted by Gasteiger charge is -2.13. The number of carbonyl (C=O) groups excluding carboxylic acids is 2. The number of aromatic nitrogens is 3. The van der Waals surface area contributed by atoms with Gasteiger partial charge in [-0.2, -0.15) is 0 Å². The summed E-state index contributed by atoms with van der Waals surface area (Å²) < 4.78 is 0. The molecule has 0 atom stereocenters. The number of rotatable bonds is 7. The van der Waals surface area contributed by atoms with Crippen molar-refractivity contribution in [2.45, 2.75) is 38.8 Å². The van der Waals surface area contributed by atoms with Crippen molar-refractivity contribution in [1.29, 1.82) is 0 Å². The third kappa shape index (κ3) is 5.61. The van der Waals surface area contributed by atoms with Gasteiger partial charge in [-0.1, -0.05) is 62.0 Å². The van der Waals surface area contributed by atoms with E-state index in [1.165, 1.54) is 6.92 Å². The lowest BCUT2D eigenvalue weighted by molar-refractivity contribution is -0.114. The molecule has 32 heavy (non-hydrogen) atoms. The SMILES string of the molecule is CC(=O)Nc1c(C)cccc1-c1nnc(SCC(=O)Nc2ccccc2C(C)C)[nH]c1=O. The zero-order chi connectivity index (χ0) is 23.3. The standard InChI is InChI=1S/C23H25N5O3S/c1-13(2)16-9-5-6-11-18(16)25-19(30)12-32-23-26-22(31)21(27-28-23)17-10-7-8-14(3)20(17)24-15(4)29/h5-11,13H,12H2,1-4H3,(H,24,29)(H,25,30)(H,26,28,31). The summed E-state index contributed by atoms with van der Waals surface area (Å²) in [6, 6.07) is 13.0. The maximum absolute atomic E-state index is 12.7. The number of H-pyrrole nitrogens is 1. The van der Waals surface area contributed by atoms with E-state index in [0.717, 1.165) is 28.6 Å². The van der Waals surface area contributed by atoms with E-state index in [1.807, 2.05) is 37.3 Å². The first kappa shape index (κ1) is 23.2. The summed E-state index contributed by atoms with van der Waals surface area (Å²) in [5.41, 5.74) is 3.26. The molecule has 0 fully saturated rings. The minimum atomic E-state index is -0.453. The van der Waals surface area contributed by atoms with Crippen LogP contribution in [0.4, 0.5) is 11.4 Å². The third-order valence-corrected chi connectivity index (χ3v) is 5.57. The van der Waals surface area contributed by atoms with Gasteiger partial charge in [0.05, 0.1) is 11.4 Å². The molecular weight excluding hydrogens is 426 g/mol. The van der Waals surface area contributed by atoms with Crippen molar-refractivity contribution in [3.05, 3.63) is 63.9 Å². The zero-order valence-corrected chi connectivity index (χ0v) is 19.2. The largest absolute Gasteiger partial charge is 0.325 e. The van der Waals surface area contributed by atoms with Crippen LogP contribution in [0.1, 0.15) is 37.8 Å². The van der Waals surface area contributed by atoms with Gasteiger partial charge in [-0.25, -0.2) is 0 Å². The van der Waals surface area contributed by atoms with Crippen LogP contribution < -0.4 is 16.2 Å². The van der Waals surface area contributed by atoms with Crippen LogP contribution in [-0.2, 0) is 9.59 Å². The number of anilines is 2. The molecule has 0 saturated carbocycles. The highest BCUT2D eigenvalue weighted by molar-refractivity contribution is 7.99. The minimum absolute atomic E-state index is 0.0674. The summed E-state index contributed by atoms with van der Waals surface area (Å²) in [5, 5.41) is 14.0. The Morgan fingerprint density at radius 1 is 1.06 bits per heavy atom. The van der Waals surface area contributed by atoms with Gasteiger partial charge in [0.1, 0.15) is 0 Å². The molecule has 8 nitrogen and oxygen atoms in total. The molecule has 3 N–H and O–H groups in total. The van der Waals surface area contributed by atoms with E-state index in [0.29, 0.717) is 11.3 Å². The topological polar surface area (TPSA) is 117 Å². The maximum atomic E-state index is 12.7. The average Bonchev–Trinajstić information content (AvgIpc) is 2.74. The normalized spacial score (nSPS) is 10.8. The second-order valence-corrected chi connectivity index (χ2v) is 8.53. The first-order valence-electron chi connectivity index (χ1n) is 10.1. The summed E-state index contributed by atoms with van der Waals surface area (Å²) >= 11 is 1.09. The second kappa shape index (κ2) is 10.2. The molecule has 2 amide bonds. The molecule has 0 spiro atoms. The molecule has 3 aromatic rings. The molecule has 1 heterocycles. The smallest absolute Gasteiger partial charge is 0.278 e. The Labute approximate surface area is 190 Å². The molecule has 1 aromatic heterocycles. The van der Waals surface area contributed by atoms with Crippen LogP contribution in [0.5, 0.6) is 0 Å². The summed E-state index contributed by atoms with van der Waals surface area (Å²) in [5.74, 6) is -0.112. The van der Waals surface area contributed by atoms with Gasteiger partial charge in [0.2, 0.25) is 11.8 Å². The molecule has 166 valence electrons. The first-order chi connectivity index (χ1) is 15.3. The highest BCUT2D eigenvalue weighted by Crippen LogP contribution is 2.28. The Kier molecular flexibility index (Phi) is 7.42. The number of nitrogens with one attached hydrogen (secondary N) is 3. The van der Waals surface area contributed by atoms with E-state index >= 15 is 0 Å². The summed E-state index contributed by atoms with van der Waals surface area (Å²) in [4.78, 5) is 39.3. The Balaban J connectivity index is 1.73. The molecule has 9 heteroatoms. The quantitative estimate of drug-likeness (QED) is 0.468. The molecule has 3 rings (SSSR count). The van der Waals surface area contributed by atoms with Gasteiger partial charge >= 0.3 is 0 Å². The number of benzene rings is 2. The number of thioether (sulfide) groups is 1.